The van der Waals surface area contributed by atoms with Crippen LogP contribution >= 0.6 is 0 Å². The number of pyridine rings is 1. The third kappa shape index (κ3) is 4.53. The molecule has 8 nitrogen and oxygen atoms in total. The minimum Gasteiger partial charge on any atom is -0.483 e. The highest BCUT2D eigenvalue weighted by molar-refractivity contribution is 5.94. The Morgan fingerprint density at radius 2 is 1.65 bits per heavy atom. The van der Waals surface area contributed by atoms with Crippen molar-refractivity contribution in [3.05, 3.63) is 88.2 Å². The van der Waals surface area contributed by atoms with Crippen molar-refractivity contribution in [2.75, 3.05) is 26.2 Å². The third-order valence-corrected chi connectivity index (χ3v) is 5.24. The minimum absolute atomic E-state index is 0.190. The lowest BCUT2D eigenvalue weighted by Crippen LogP contribution is -2.51. The Hall–Kier alpha value is -3.81. The molecule has 1 saturated heterocycles. The van der Waals surface area contributed by atoms with Gasteiger partial charge >= 0.3 is 0 Å². The van der Waals surface area contributed by atoms with Crippen LogP contribution in [-0.2, 0) is 13.7 Å². The van der Waals surface area contributed by atoms with Crippen molar-refractivity contribution in [1.82, 2.24) is 14.4 Å². The van der Waals surface area contributed by atoms with Crippen LogP contribution in [-0.4, -0.2) is 52.4 Å². The Labute approximate surface area is 179 Å². The fourth-order valence-corrected chi connectivity index (χ4v) is 3.49. The summed E-state index contributed by atoms with van der Waals surface area (Å²) in [6, 6.07) is 14.1. The number of hydrogen-bond acceptors (Lipinski definition) is 5. The van der Waals surface area contributed by atoms with Crippen LogP contribution in [0.5, 0.6) is 5.75 Å². The summed E-state index contributed by atoms with van der Waals surface area (Å²) in [5, 5.41) is 0. The molecule has 1 fully saturated rings. The summed E-state index contributed by atoms with van der Waals surface area (Å²) < 4.78 is 12.4. The zero-order valence-corrected chi connectivity index (χ0v) is 17.2. The highest BCUT2D eigenvalue weighted by Crippen LogP contribution is 2.14. The maximum absolute atomic E-state index is 13.0. The van der Waals surface area contributed by atoms with Crippen LogP contribution in [0.25, 0.3) is 0 Å². The van der Waals surface area contributed by atoms with E-state index >= 15 is 0 Å². The smallest absolute Gasteiger partial charge is 0.289 e. The first-order valence-electron chi connectivity index (χ1n) is 10.0. The first-order valence-corrected chi connectivity index (χ1v) is 10.0. The van der Waals surface area contributed by atoms with Crippen molar-refractivity contribution in [1.29, 1.82) is 0 Å². The molecule has 31 heavy (non-hydrogen) atoms. The Morgan fingerprint density at radius 1 is 0.968 bits per heavy atom. The van der Waals surface area contributed by atoms with E-state index in [-0.39, 0.29) is 41.1 Å². The summed E-state index contributed by atoms with van der Waals surface area (Å²) in [5.41, 5.74) is 0.888. The quantitative estimate of drug-likeness (QED) is 0.630. The molecule has 0 saturated carbocycles. The monoisotopic (exact) mass is 421 g/mol. The molecule has 0 radical (unpaired) electrons. The third-order valence-electron chi connectivity index (χ3n) is 5.24. The van der Waals surface area contributed by atoms with E-state index in [2.05, 4.69) is 0 Å². The van der Waals surface area contributed by atoms with Crippen molar-refractivity contribution < 1.29 is 18.7 Å². The molecule has 0 unspecified atom stereocenters. The van der Waals surface area contributed by atoms with Gasteiger partial charge in [-0.15, -0.1) is 0 Å². The van der Waals surface area contributed by atoms with Gasteiger partial charge in [0.1, 0.15) is 12.3 Å². The lowest BCUT2D eigenvalue weighted by Gasteiger charge is -2.34. The van der Waals surface area contributed by atoms with Gasteiger partial charge in [0, 0.05) is 39.3 Å². The summed E-state index contributed by atoms with van der Waals surface area (Å²) in [7, 11) is 1.71. The maximum atomic E-state index is 13.0. The van der Waals surface area contributed by atoms with Crippen LogP contribution < -0.4 is 10.2 Å². The molecule has 4 rings (SSSR count). The summed E-state index contributed by atoms with van der Waals surface area (Å²) >= 11 is 0. The number of amides is 2. The molecular formula is C23H23N3O5. The fraction of sp³-hybridized carbons (Fsp3) is 0.261. The van der Waals surface area contributed by atoms with Gasteiger partial charge in [-0.05, 0) is 17.7 Å². The summed E-state index contributed by atoms with van der Waals surface area (Å²) in [6.45, 7) is 1.83. The van der Waals surface area contributed by atoms with Crippen LogP contribution in [0.1, 0.15) is 26.6 Å². The molecule has 160 valence electrons. The van der Waals surface area contributed by atoms with Crippen molar-refractivity contribution >= 4 is 11.8 Å². The first-order chi connectivity index (χ1) is 15.0. The number of aromatic nitrogens is 1. The predicted molar refractivity (Wildman–Crippen MR) is 113 cm³/mol. The minimum atomic E-state index is -0.344. The molecule has 0 aliphatic carbocycles. The number of furan rings is 1. The molecular weight excluding hydrogens is 398 g/mol. The Bertz CT molecular complexity index is 1110. The SMILES string of the molecule is Cn1cc(OCc2ccccc2)c(=O)cc1C(=O)N1CCN(C(=O)c2ccco2)CC1. The number of benzene rings is 1. The molecule has 1 aromatic carbocycles. The second-order valence-corrected chi connectivity index (χ2v) is 7.33. The molecule has 0 bridgehead atoms. The van der Waals surface area contributed by atoms with Crippen LogP contribution in [0.15, 0.2) is 70.2 Å². The molecule has 8 heteroatoms. The summed E-state index contributed by atoms with van der Waals surface area (Å²) in [4.78, 5) is 41.1. The number of carbonyl (C=O) groups excluding carboxylic acids is 2. The molecule has 2 aromatic heterocycles. The number of hydrogen-bond donors (Lipinski definition) is 0. The molecule has 3 aromatic rings. The summed E-state index contributed by atoms with van der Waals surface area (Å²) in [6.07, 6.45) is 3.00. The van der Waals surface area contributed by atoms with Gasteiger partial charge < -0.3 is 23.5 Å². The predicted octanol–water partition coefficient (Wildman–Crippen LogP) is 2.16. The highest BCUT2D eigenvalue weighted by Gasteiger charge is 2.27. The molecule has 0 N–H and O–H groups in total. The second-order valence-electron chi connectivity index (χ2n) is 7.33. The molecule has 1 aliphatic heterocycles. The van der Waals surface area contributed by atoms with Gasteiger partial charge in [-0.2, -0.15) is 0 Å². The van der Waals surface area contributed by atoms with Crippen molar-refractivity contribution in [3.8, 4) is 5.75 Å². The average molecular weight is 421 g/mol. The van der Waals surface area contributed by atoms with Crippen molar-refractivity contribution in [2.24, 2.45) is 7.05 Å². The zero-order valence-electron chi connectivity index (χ0n) is 17.2. The standard InChI is InChI=1S/C23H23N3O5/c1-24-15-21(31-16-17-6-3-2-4-7-17)19(27)14-18(24)22(28)25-9-11-26(12-10-25)23(29)20-8-5-13-30-20/h2-8,13-15H,9-12,16H2,1H3. The van der Waals surface area contributed by atoms with Crippen LogP contribution in [0.2, 0.25) is 0 Å². The molecule has 2 amide bonds. The largest absolute Gasteiger partial charge is 0.483 e. The van der Waals surface area contributed by atoms with Gasteiger partial charge in [0.05, 0.1) is 12.5 Å². The van der Waals surface area contributed by atoms with Crippen molar-refractivity contribution in [3.63, 3.8) is 0 Å². The normalized spacial score (nSPS) is 13.8. The summed E-state index contributed by atoms with van der Waals surface area (Å²) in [5.74, 6) is 0.0359. The molecule has 1 aliphatic rings. The van der Waals surface area contributed by atoms with Gasteiger partial charge in [0.25, 0.3) is 11.8 Å². The van der Waals surface area contributed by atoms with Gasteiger partial charge in [-0.25, -0.2) is 0 Å². The second kappa shape index (κ2) is 8.91. The lowest BCUT2D eigenvalue weighted by atomic mass is 10.2. The number of aryl methyl sites for hydroxylation is 1. The van der Waals surface area contributed by atoms with E-state index in [0.29, 0.717) is 26.2 Å². The van der Waals surface area contributed by atoms with Crippen LogP contribution in [0.3, 0.4) is 0 Å². The number of nitrogens with zero attached hydrogens (tertiary/aromatic N) is 3. The zero-order chi connectivity index (χ0) is 21.8. The molecule has 0 spiro atoms. The topological polar surface area (TPSA) is 85.0 Å². The van der Waals surface area contributed by atoms with Gasteiger partial charge in [-0.3, -0.25) is 14.4 Å². The van der Waals surface area contributed by atoms with E-state index < -0.39 is 0 Å². The van der Waals surface area contributed by atoms with E-state index in [0.717, 1.165) is 5.56 Å². The number of piperazine rings is 1. The molecule has 3 heterocycles. The van der Waals surface area contributed by atoms with E-state index in [4.69, 9.17) is 9.15 Å². The van der Waals surface area contributed by atoms with Gasteiger partial charge in [-0.1, -0.05) is 30.3 Å². The average Bonchev–Trinajstić information content (AvgIpc) is 3.34. The maximum Gasteiger partial charge on any atom is 0.289 e. The van der Waals surface area contributed by atoms with Gasteiger partial charge in [0.15, 0.2) is 11.5 Å². The van der Waals surface area contributed by atoms with E-state index in [9.17, 15) is 14.4 Å². The Kier molecular flexibility index (Phi) is 5.88. The number of carbonyl (C=O) groups is 2. The number of rotatable bonds is 5. The first kappa shape index (κ1) is 20.5. The number of ether oxygens (including phenoxy) is 1. The van der Waals surface area contributed by atoms with Crippen molar-refractivity contribution in [2.45, 2.75) is 6.61 Å². The van der Waals surface area contributed by atoms with E-state index in [1.807, 2.05) is 30.3 Å². The van der Waals surface area contributed by atoms with Crippen LogP contribution in [0.4, 0.5) is 0 Å². The van der Waals surface area contributed by atoms with Crippen LogP contribution in [0, 0.1) is 0 Å². The highest BCUT2D eigenvalue weighted by atomic mass is 16.5. The Balaban J connectivity index is 1.40. The fourth-order valence-electron chi connectivity index (χ4n) is 3.49. The molecule has 0 atom stereocenters. The lowest BCUT2D eigenvalue weighted by molar-refractivity contribution is 0.0512. The van der Waals surface area contributed by atoms with Gasteiger partial charge in [0.2, 0.25) is 5.43 Å². The van der Waals surface area contributed by atoms with E-state index in [1.54, 1.807) is 33.5 Å². The Morgan fingerprint density at radius 3 is 2.29 bits per heavy atom. The van der Waals surface area contributed by atoms with E-state index in [1.165, 1.54) is 18.5 Å².